The molecule has 0 bridgehead atoms. The lowest BCUT2D eigenvalue weighted by molar-refractivity contribution is 0.363. The van der Waals surface area contributed by atoms with Gasteiger partial charge in [0.25, 0.3) is 0 Å². The van der Waals surface area contributed by atoms with Crippen LogP contribution in [-0.4, -0.2) is 4.57 Å². The molecule has 1 aliphatic heterocycles. The summed E-state index contributed by atoms with van der Waals surface area (Å²) >= 11 is 0. The van der Waals surface area contributed by atoms with Crippen LogP contribution in [0, 0.1) is 0 Å². The first-order valence-electron chi connectivity index (χ1n) is 17.0. The number of hydrogen-bond donors (Lipinski definition) is 0. The van der Waals surface area contributed by atoms with Crippen LogP contribution in [0.25, 0.3) is 49.4 Å². The summed E-state index contributed by atoms with van der Waals surface area (Å²) in [5, 5.41) is 6.71. The summed E-state index contributed by atoms with van der Waals surface area (Å²) in [7, 11) is -3.19. The molecule has 0 saturated heterocycles. The van der Waals surface area contributed by atoms with Crippen LogP contribution in [0.1, 0.15) is 0 Å². The fraction of sp³-hybridized carbons (Fsp3) is 0. The molecule has 0 N–H and O–H groups in total. The summed E-state index contributed by atoms with van der Waals surface area (Å²) in [6, 6.07) is 61.3. The second kappa shape index (κ2) is 11.6. The predicted molar refractivity (Wildman–Crippen MR) is 210 cm³/mol. The molecule has 4 nitrogen and oxygen atoms in total. The summed E-state index contributed by atoms with van der Waals surface area (Å²) in [6.45, 7) is 0. The summed E-state index contributed by atoms with van der Waals surface area (Å²) in [4.78, 5) is 0. The van der Waals surface area contributed by atoms with E-state index in [0.717, 1.165) is 71.1 Å². The molecule has 8 aromatic carbocycles. The zero-order chi connectivity index (χ0) is 33.9. The van der Waals surface area contributed by atoms with Gasteiger partial charge in [-0.05, 0) is 59.0 Å². The van der Waals surface area contributed by atoms with Crippen molar-refractivity contribution in [3.05, 3.63) is 182 Å². The van der Waals surface area contributed by atoms with E-state index in [2.05, 4.69) is 89.5 Å². The van der Waals surface area contributed by atoms with E-state index in [4.69, 9.17) is 9.47 Å². The van der Waals surface area contributed by atoms with Gasteiger partial charge in [-0.25, -0.2) is 0 Å². The van der Waals surface area contributed by atoms with E-state index in [1.807, 2.05) is 97.1 Å². The van der Waals surface area contributed by atoms with Crippen molar-refractivity contribution in [2.75, 3.05) is 0 Å². The van der Waals surface area contributed by atoms with Crippen LogP contribution in [0.15, 0.2) is 182 Å². The molecule has 242 valence electrons. The Kier molecular flexibility index (Phi) is 6.74. The van der Waals surface area contributed by atoms with E-state index in [9.17, 15) is 0 Å². The van der Waals surface area contributed by atoms with Crippen molar-refractivity contribution in [2.45, 2.75) is 0 Å². The normalized spacial score (nSPS) is 12.3. The molecule has 0 amide bonds. The Labute approximate surface area is 295 Å². The van der Waals surface area contributed by atoms with Crippen molar-refractivity contribution in [1.82, 2.24) is 4.57 Å². The summed E-state index contributed by atoms with van der Waals surface area (Å²) in [5.41, 5.74) is 5.21. The molecule has 2 heterocycles. The van der Waals surface area contributed by atoms with Crippen molar-refractivity contribution < 1.29 is 14.0 Å². The zero-order valence-corrected chi connectivity index (χ0v) is 28.3. The number of hydrogen-bond acceptors (Lipinski definition) is 3. The molecule has 0 atom stereocenters. The van der Waals surface area contributed by atoms with Gasteiger partial charge in [0, 0.05) is 37.8 Å². The van der Waals surface area contributed by atoms with Crippen LogP contribution in [0.5, 0.6) is 23.0 Å². The second-order valence-corrected chi connectivity index (χ2v) is 15.6. The maximum absolute atomic E-state index is 15.5. The molecule has 0 spiro atoms. The lowest BCUT2D eigenvalue weighted by Gasteiger charge is -2.23. The number of nitrogens with zero attached hydrogens (tertiary/aromatic N) is 1. The molecule has 0 fully saturated rings. The topological polar surface area (TPSA) is 40.5 Å². The highest BCUT2D eigenvalue weighted by Crippen LogP contribution is 2.51. The molecular weight excluding hydrogens is 645 g/mol. The number of benzene rings is 8. The predicted octanol–water partition coefficient (Wildman–Crippen LogP) is 11.1. The maximum atomic E-state index is 15.5. The Bertz CT molecular complexity index is 2780. The van der Waals surface area contributed by atoms with E-state index in [0.29, 0.717) is 17.2 Å². The van der Waals surface area contributed by atoms with Crippen molar-refractivity contribution in [3.63, 3.8) is 0 Å². The molecule has 1 aromatic heterocycles. The Morgan fingerprint density at radius 1 is 0.412 bits per heavy atom. The van der Waals surface area contributed by atoms with Gasteiger partial charge in [-0.2, -0.15) is 0 Å². The molecule has 1 aliphatic rings. The van der Waals surface area contributed by atoms with E-state index in [1.54, 1.807) is 0 Å². The van der Waals surface area contributed by atoms with Crippen LogP contribution in [0.3, 0.4) is 0 Å². The fourth-order valence-electron chi connectivity index (χ4n) is 7.54. The van der Waals surface area contributed by atoms with Crippen molar-refractivity contribution in [2.24, 2.45) is 0 Å². The average molecular weight is 676 g/mol. The number of fused-ring (bicyclic) bond motifs is 7. The first kappa shape index (κ1) is 29.6. The van der Waals surface area contributed by atoms with Crippen molar-refractivity contribution in [1.29, 1.82) is 0 Å². The SMILES string of the molecule is O=P(c1ccccc1)(c1ccccc1)c1ccc2c3ccc(-c4cc5c(c6ccccc46)Oc4ccccc4O5)cc3n(-c3ccccc3)c2c1. The number of ether oxygens (including phenoxy) is 2. The largest absolute Gasteiger partial charge is 0.449 e. The molecule has 0 aliphatic carbocycles. The van der Waals surface area contributed by atoms with Crippen LogP contribution < -0.4 is 25.4 Å². The zero-order valence-electron chi connectivity index (χ0n) is 27.4. The lowest BCUT2D eigenvalue weighted by atomic mass is 9.96. The number of para-hydroxylation sites is 3. The Morgan fingerprint density at radius 2 is 0.961 bits per heavy atom. The minimum atomic E-state index is -3.19. The standard InChI is InChI=1S/C46H30NO3P/c48-51(33-16-6-2-7-17-33,34-18-8-3-9-19-34)35-25-27-38-37-26-24-31(28-41(37)47(42(38)29-35)32-14-4-1-5-15-32)40-30-45-46(39-21-11-10-20-36(39)40)50-44-23-13-12-22-43(44)49-45/h1-30H. The van der Waals surface area contributed by atoms with Crippen molar-refractivity contribution in [3.8, 4) is 39.8 Å². The Balaban J connectivity index is 1.22. The monoisotopic (exact) mass is 675 g/mol. The quantitative estimate of drug-likeness (QED) is 0.171. The molecule has 9 aromatic rings. The average Bonchev–Trinajstić information content (AvgIpc) is 3.53. The molecule has 10 rings (SSSR count). The van der Waals surface area contributed by atoms with Gasteiger partial charge in [-0.1, -0.05) is 140 Å². The highest BCUT2D eigenvalue weighted by Gasteiger charge is 2.31. The number of aromatic nitrogens is 1. The van der Waals surface area contributed by atoms with Gasteiger partial charge < -0.3 is 18.6 Å². The molecule has 5 heteroatoms. The highest BCUT2D eigenvalue weighted by atomic mass is 31.2. The smallest absolute Gasteiger partial charge is 0.177 e. The van der Waals surface area contributed by atoms with E-state index >= 15 is 4.57 Å². The van der Waals surface area contributed by atoms with Crippen LogP contribution in [0.4, 0.5) is 0 Å². The summed E-state index contributed by atoms with van der Waals surface area (Å²) in [5.74, 6) is 2.82. The van der Waals surface area contributed by atoms with Gasteiger partial charge in [-0.3, -0.25) is 0 Å². The van der Waals surface area contributed by atoms with Gasteiger partial charge in [0.05, 0.1) is 11.0 Å². The summed E-state index contributed by atoms with van der Waals surface area (Å²) in [6.07, 6.45) is 0. The number of rotatable bonds is 5. The second-order valence-electron chi connectivity index (χ2n) is 12.8. The van der Waals surface area contributed by atoms with Crippen molar-refractivity contribution >= 4 is 55.6 Å². The minimum Gasteiger partial charge on any atom is -0.449 e. The Morgan fingerprint density at radius 3 is 1.65 bits per heavy atom. The third kappa shape index (κ3) is 4.65. The van der Waals surface area contributed by atoms with Gasteiger partial charge in [0.2, 0.25) is 0 Å². The van der Waals surface area contributed by atoms with Crippen LogP contribution in [-0.2, 0) is 4.57 Å². The van der Waals surface area contributed by atoms with Crippen LogP contribution in [0.2, 0.25) is 0 Å². The van der Waals surface area contributed by atoms with Crippen LogP contribution >= 0.6 is 7.14 Å². The molecule has 0 radical (unpaired) electrons. The minimum absolute atomic E-state index is 0.688. The Hall–Kier alpha value is -6.35. The third-order valence-corrected chi connectivity index (χ3v) is 13.0. The molecule has 0 unspecified atom stereocenters. The molecule has 51 heavy (non-hydrogen) atoms. The first-order chi connectivity index (χ1) is 25.2. The van der Waals surface area contributed by atoms with E-state index in [1.165, 1.54) is 0 Å². The van der Waals surface area contributed by atoms with Gasteiger partial charge in [-0.15, -0.1) is 0 Å². The highest BCUT2D eigenvalue weighted by molar-refractivity contribution is 7.85. The maximum Gasteiger partial charge on any atom is 0.177 e. The first-order valence-corrected chi connectivity index (χ1v) is 18.7. The summed E-state index contributed by atoms with van der Waals surface area (Å²) < 4.78 is 30.6. The van der Waals surface area contributed by atoms with E-state index in [-0.39, 0.29) is 0 Å². The fourth-order valence-corrected chi connectivity index (χ4v) is 10.2. The van der Waals surface area contributed by atoms with Gasteiger partial charge >= 0.3 is 0 Å². The molecule has 0 saturated carbocycles. The third-order valence-electron chi connectivity index (χ3n) is 9.92. The lowest BCUT2D eigenvalue weighted by Crippen LogP contribution is -2.25. The van der Waals surface area contributed by atoms with Gasteiger partial charge in [0.1, 0.15) is 0 Å². The van der Waals surface area contributed by atoms with E-state index < -0.39 is 7.14 Å². The van der Waals surface area contributed by atoms with Gasteiger partial charge in [0.15, 0.2) is 30.1 Å². The molecular formula is C46H30NO3P.